The van der Waals surface area contributed by atoms with Crippen LogP contribution in [0.1, 0.15) is 30.8 Å². The molecular formula is C11H15N3S. The Hall–Kier alpha value is -0.950. The Morgan fingerprint density at radius 2 is 2.40 bits per heavy atom. The zero-order valence-electron chi connectivity index (χ0n) is 9.16. The van der Waals surface area contributed by atoms with Crippen molar-refractivity contribution in [3.05, 3.63) is 17.0 Å². The molecule has 1 aliphatic heterocycles. The summed E-state index contributed by atoms with van der Waals surface area (Å²) in [5.41, 5.74) is 3.11. The number of nitrogens with zero attached hydrogens (tertiary/aromatic N) is 3. The molecule has 80 valence electrons. The van der Waals surface area contributed by atoms with Crippen LogP contribution in [-0.4, -0.2) is 15.5 Å². The zero-order valence-corrected chi connectivity index (χ0v) is 9.97. The van der Waals surface area contributed by atoms with Gasteiger partial charge in [0.1, 0.15) is 11.8 Å². The lowest BCUT2D eigenvalue weighted by Crippen LogP contribution is -2.08. The van der Waals surface area contributed by atoms with Gasteiger partial charge in [-0.2, -0.15) is 22.1 Å². The molecule has 0 N–H and O–H groups in total. The van der Waals surface area contributed by atoms with E-state index in [0.29, 0.717) is 5.92 Å². The highest BCUT2D eigenvalue weighted by Crippen LogP contribution is 2.26. The van der Waals surface area contributed by atoms with E-state index in [1.54, 1.807) is 0 Å². The number of aromatic nitrogens is 2. The maximum absolute atomic E-state index is 9.16. The van der Waals surface area contributed by atoms with E-state index in [0.717, 1.165) is 35.9 Å². The minimum Gasteiger partial charge on any atom is -0.254 e. The number of rotatable bonds is 2. The maximum atomic E-state index is 9.16. The molecule has 0 spiro atoms. The monoisotopic (exact) mass is 221 g/mol. The van der Waals surface area contributed by atoms with Crippen molar-refractivity contribution >= 4 is 11.8 Å². The molecule has 2 rings (SSSR count). The second kappa shape index (κ2) is 4.28. The van der Waals surface area contributed by atoms with Gasteiger partial charge in [-0.25, -0.2) is 0 Å². The first-order valence-corrected chi connectivity index (χ1v) is 6.44. The standard InChI is InChI=1S/C11H15N3S/c1-8(2)6-14-11(5-12)9-3-4-15-7-10(9)13-14/h8H,3-4,6-7H2,1-2H3. The van der Waals surface area contributed by atoms with E-state index in [1.807, 2.05) is 16.4 Å². The van der Waals surface area contributed by atoms with Crippen LogP contribution in [0.3, 0.4) is 0 Å². The van der Waals surface area contributed by atoms with Crippen LogP contribution in [0.5, 0.6) is 0 Å². The van der Waals surface area contributed by atoms with Crippen molar-refractivity contribution in [2.45, 2.75) is 32.6 Å². The molecule has 1 aliphatic rings. The molecular weight excluding hydrogens is 206 g/mol. The minimum absolute atomic E-state index is 0.533. The summed E-state index contributed by atoms with van der Waals surface area (Å²) < 4.78 is 1.89. The summed E-state index contributed by atoms with van der Waals surface area (Å²) in [6.07, 6.45) is 1.00. The molecule has 1 aromatic rings. The molecule has 0 unspecified atom stereocenters. The largest absolute Gasteiger partial charge is 0.254 e. The Labute approximate surface area is 94.5 Å². The predicted molar refractivity (Wildman–Crippen MR) is 61.6 cm³/mol. The normalized spacial score (nSPS) is 15.1. The molecule has 0 amide bonds. The van der Waals surface area contributed by atoms with Crippen LogP contribution in [-0.2, 0) is 18.7 Å². The third-order valence-corrected chi connectivity index (χ3v) is 3.48. The van der Waals surface area contributed by atoms with Crippen molar-refractivity contribution in [3.63, 3.8) is 0 Å². The summed E-state index contributed by atoms with van der Waals surface area (Å²) in [6, 6.07) is 2.30. The fraction of sp³-hybridized carbons (Fsp3) is 0.636. The zero-order chi connectivity index (χ0) is 10.8. The third kappa shape index (κ3) is 2.03. The lowest BCUT2D eigenvalue weighted by atomic mass is 10.1. The molecule has 0 atom stereocenters. The molecule has 2 heterocycles. The maximum Gasteiger partial charge on any atom is 0.142 e. The Balaban J connectivity index is 2.38. The van der Waals surface area contributed by atoms with Gasteiger partial charge < -0.3 is 0 Å². The Morgan fingerprint density at radius 1 is 1.60 bits per heavy atom. The Morgan fingerprint density at radius 3 is 3.07 bits per heavy atom. The first kappa shape index (κ1) is 10.6. The molecule has 0 saturated heterocycles. The molecule has 1 aromatic heterocycles. The van der Waals surface area contributed by atoms with Crippen molar-refractivity contribution in [2.24, 2.45) is 5.92 Å². The van der Waals surface area contributed by atoms with Gasteiger partial charge in [-0.05, 0) is 18.1 Å². The van der Waals surface area contributed by atoms with Crippen molar-refractivity contribution in [1.82, 2.24) is 9.78 Å². The van der Waals surface area contributed by atoms with Crippen LogP contribution in [0.4, 0.5) is 0 Å². The van der Waals surface area contributed by atoms with Gasteiger partial charge in [0.2, 0.25) is 0 Å². The third-order valence-electron chi connectivity index (χ3n) is 2.51. The summed E-state index contributed by atoms with van der Waals surface area (Å²) >= 11 is 1.90. The van der Waals surface area contributed by atoms with Crippen LogP contribution in [0.15, 0.2) is 0 Å². The molecule has 0 bridgehead atoms. The highest BCUT2D eigenvalue weighted by atomic mass is 32.2. The van der Waals surface area contributed by atoms with Crippen LogP contribution in [0.25, 0.3) is 0 Å². The minimum atomic E-state index is 0.533. The SMILES string of the molecule is CC(C)Cn1nc2c(c1C#N)CCSC2. The van der Waals surface area contributed by atoms with Crippen LogP contribution >= 0.6 is 11.8 Å². The number of fused-ring (bicyclic) bond motifs is 1. The molecule has 15 heavy (non-hydrogen) atoms. The van der Waals surface area contributed by atoms with E-state index in [4.69, 9.17) is 5.26 Å². The van der Waals surface area contributed by atoms with Gasteiger partial charge in [-0.15, -0.1) is 0 Å². The summed E-state index contributed by atoms with van der Waals surface area (Å²) in [6.45, 7) is 5.15. The molecule has 0 fully saturated rings. The summed E-state index contributed by atoms with van der Waals surface area (Å²) in [5.74, 6) is 2.62. The molecule has 3 nitrogen and oxygen atoms in total. The molecule has 4 heteroatoms. The first-order chi connectivity index (χ1) is 7.22. The average Bonchev–Trinajstić information content (AvgIpc) is 2.53. The highest BCUT2D eigenvalue weighted by Gasteiger charge is 2.20. The second-order valence-corrected chi connectivity index (χ2v) is 5.37. The van der Waals surface area contributed by atoms with Crippen LogP contribution in [0, 0.1) is 17.2 Å². The Kier molecular flexibility index (Phi) is 3.01. The van der Waals surface area contributed by atoms with Crippen molar-refractivity contribution in [1.29, 1.82) is 5.26 Å². The fourth-order valence-corrected chi connectivity index (χ4v) is 2.79. The first-order valence-electron chi connectivity index (χ1n) is 5.28. The van der Waals surface area contributed by atoms with Crippen LogP contribution < -0.4 is 0 Å². The lowest BCUT2D eigenvalue weighted by molar-refractivity contribution is 0.477. The number of hydrogen-bond donors (Lipinski definition) is 0. The summed E-state index contributed by atoms with van der Waals surface area (Å²) in [7, 11) is 0. The summed E-state index contributed by atoms with van der Waals surface area (Å²) in [4.78, 5) is 0. The van der Waals surface area contributed by atoms with E-state index in [9.17, 15) is 0 Å². The predicted octanol–water partition coefficient (Wildman–Crippen LogP) is 2.20. The average molecular weight is 221 g/mol. The van der Waals surface area contributed by atoms with Gasteiger partial charge in [0, 0.05) is 17.9 Å². The van der Waals surface area contributed by atoms with Crippen LogP contribution in [0.2, 0.25) is 0 Å². The second-order valence-electron chi connectivity index (χ2n) is 4.26. The quantitative estimate of drug-likeness (QED) is 0.768. The van der Waals surface area contributed by atoms with Gasteiger partial charge in [0.05, 0.1) is 5.69 Å². The van der Waals surface area contributed by atoms with E-state index >= 15 is 0 Å². The van der Waals surface area contributed by atoms with E-state index in [-0.39, 0.29) is 0 Å². The number of thioether (sulfide) groups is 1. The van der Waals surface area contributed by atoms with Gasteiger partial charge in [0.25, 0.3) is 0 Å². The van der Waals surface area contributed by atoms with E-state index in [1.165, 1.54) is 5.56 Å². The molecule has 0 radical (unpaired) electrons. The van der Waals surface area contributed by atoms with Gasteiger partial charge in [-0.1, -0.05) is 13.8 Å². The van der Waals surface area contributed by atoms with E-state index < -0.39 is 0 Å². The van der Waals surface area contributed by atoms with Crippen molar-refractivity contribution in [3.8, 4) is 6.07 Å². The smallest absolute Gasteiger partial charge is 0.142 e. The van der Waals surface area contributed by atoms with Crippen molar-refractivity contribution in [2.75, 3.05) is 5.75 Å². The highest BCUT2D eigenvalue weighted by molar-refractivity contribution is 7.98. The summed E-state index contributed by atoms with van der Waals surface area (Å²) in [5, 5.41) is 13.7. The van der Waals surface area contributed by atoms with Gasteiger partial charge in [-0.3, -0.25) is 4.68 Å². The number of hydrogen-bond acceptors (Lipinski definition) is 3. The van der Waals surface area contributed by atoms with E-state index in [2.05, 4.69) is 25.0 Å². The molecule has 0 aromatic carbocycles. The Bertz CT molecular complexity index is 401. The lowest BCUT2D eigenvalue weighted by Gasteiger charge is -2.08. The topological polar surface area (TPSA) is 41.6 Å². The molecule has 0 saturated carbocycles. The fourth-order valence-electron chi connectivity index (χ4n) is 1.87. The van der Waals surface area contributed by atoms with Gasteiger partial charge in [0.15, 0.2) is 0 Å². The van der Waals surface area contributed by atoms with Gasteiger partial charge >= 0.3 is 0 Å². The molecule has 0 aliphatic carbocycles. The number of nitriles is 1. The van der Waals surface area contributed by atoms with Crippen molar-refractivity contribution < 1.29 is 0 Å².